The van der Waals surface area contributed by atoms with Crippen LogP contribution >= 0.6 is 0 Å². The summed E-state index contributed by atoms with van der Waals surface area (Å²) in [5, 5.41) is 19.9. The Labute approximate surface area is 295 Å². The van der Waals surface area contributed by atoms with E-state index in [0.717, 1.165) is 22.4 Å². The van der Waals surface area contributed by atoms with Gasteiger partial charge in [-0.05, 0) is 55.9 Å². The molecule has 4 unspecified atom stereocenters. The molecule has 268 valence electrons. The highest BCUT2D eigenvalue weighted by molar-refractivity contribution is 5.90. The van der Waals surface area contributed by atoms with Gasteiger partial charge in [-0.2, -0.15) is 0 Å². The molecule has 3 aliphatic heterocycles. The SMILES string of the molecule is CC(C)C1NC(=O)C(NC(=O)[C@@H](O)C(C)C)Cc2ccc3c(c2)C2(c4ccccc4NC2O3)c2oc1nc2-c1nc(COC(=O)C(C)(C)C)co1. The quantitative estimate of drug-likeness (QED) is 0.196. The highest BCUT2D eigenvalue weighted by atomic mass is 16.5. The number of hydrogen-bond acceptors (Lipinski definition) is 11. The Bertz CT molecular complexity index is 2010. The maximum Gasteiger partial charge on any atom is 0.311 e. The van der Waals surface area contributed by atoms with Crippen molar-refractivity contribution in [3.8, 4) is 17.3 Å². The third-order valence-electron chi connectivity index (χ3n) is 9.67. The molecule has 0 saturated heterocycles. The summed E-state index contributed by atoms with van der Waals surface area (Å²) in [6.45, 7) is 12.5. The van der Waals surface area contributed by atoms with Crippen LogP contribution in [0.4, 0.5) is 5.69 Å². The number of nitrogens with one attached hydrogen (secondary N) is 3. The van der Waals surface area contributed by atoms with Gasteiger partial charge >= 0.3 is 5.97 Å². The van der Waals surface area contributed by atoms with Gasteiger partial charge in [0.15, 0.2) is 17.7 Å². The number of oxazole rings is 2. The van der Waals surface area contributed by atoms with E-state index < -0.39 is 47.1 Å². The fraction of sp³-hybridized carbons (Fsp3) is 0.447. The number of rotatable bonds is 7. The zero-order chi connectivity index (χ0) is 36.4. The van der Waals surface area contributed by atoms with Gasteiger partial charge in [0.05, 0.1) is 5.41 Å². The van der Waals surface area contributed by atoms with E-state index in [2.05, 4.69) is 20.9 Å². The lowest BCUT2D eigenvalue weighted by molar-refractivity contribution is -0.154. The third kappa shape index (κ3) is 5.82. The average molecular weight is 698 g/mol. The number of ether oxygens (including phenoxy) is 2. The number of benzene rings is 2. The topological polar surface area (TPSA) is 178 Å². The van der Waals surface area contributed by atoms with E-state index >= 15 is 0 Å². The van der Waals surface area contributed by atoms with E-state index in [0.29, 0.717) is 22.9 Å². The molecular weight excluding hydrogens is 654 g/mol. The number of aliphatic hydroxyl groups excluding tert-OH is 1. The fourth-order valence-corrected chi connectivity index (χ4v) is 6.85. The average Bonchev–Trinajstić information content (AvgIpc) is 3.85. The Morgan fingerprint density at radius 3 is 2.57 bits per heavy atom. The van der Waals surface area contributed by atoms with Crippen molar-refractivity contribution in [1.29, 1.82) is 0 Å². The number of aromatic nitrogens is 2. The van der Waals surface area contributed by atoms with Crippen LogP contribution in [0.1, 0.15) is 88.5 Å². The Hall–Kier alpha value is -5.17. The maximum atomic E-state index is 14.0. The third-order valence-corrected chi connectivity index (χ3v) is 9.67. The number of para-hydroxylation sites is 1. The second-order valence-electron chi connectivity index (χ2n) is 15.2. The summed E-state index contributed by atoms with van der Waals surface area (Å²) in [7, 11) is 0. The maximum absolute atomic E-state index is 14.0. The van der Waals surface area contributed by atoms with Crippen LogP contribution in [0.2, 0.25) is 0 Å². The molecule has 0 radical (unpaired) electrons. The molecule has 2 aromatic carbocycles. The van der Waals surface area contributed by atoms with Gasteiger partial charge in [0.1, 0.15) is 47.9 Å². The van der Waals surface area contributed by atoms with Crippen molar-refractivity contribution >= 4 is 23.5 Å². The number of nitrogens with zero attached hydrogens (tertiary/aromatic N) is 2. The number of hydrogen-bond donors (Lipinski definition) is 4. The first-order valence-electron chi connectivity index (χ1n) is 17.3. The highest BCUT2D eigenvalue weighted by Crippen LogP contribution is 2.59. The Balaban J connectivity index is 1.41. The molecule has 0 saturated carbocycles. The van der Waals surface area contributed by atoms with E-state index in [9.17, 15) is 19.5 Å². The number of carbonyl (C=O) groups excluding carboxylic acids is 3. The number of amides is 2. The van der Waals surface area contributed by atoms with Crippen molar-refractivity contribution in [2.24, 2.45) is 17.3 Å². The van der Waals surface area contributed by atoms with E-state index in [1.807, 2.05) is 56.3 Å². The molecule has 5 atom stereocenters. The second kappa shape index (κ2) is 12.6. The summed E-state index contributed by atoms with van der Waals surface area (Å²) >= 11 is 0. The number of esters is 1. The van der Waals surface area contributed by atoms with Crippen molar-refractivity contribution < 1.29 is 37.8 Å². The zero-order valence-electron chi connectivity index (χ0n) is 29.7. The molecular formula is C38H43N5O8. The summed E-state index contributed by atoms with van der Waals surface area (Å²) in [5.74, 6) is -0.679. The molecule has 2 amide bonds. The van der Waals surface area contributed by atoms with Crippen molar-refractivity contribution in [3.63, 3.8) is 0 Å². The van der Waals surface area contributed by atoms with Gasteiger partial charge in [0, 0.05) is 17.7 Å². The minimum absolute atomic E-state index is 0.101. The number of fused-ring (bicyclic) bond motifs is 4. The predicted octanol–water partition coefficient (Wildman–Crippen LogP) is 4.77. The largest absolute Gasteiger partial charge is 0.469 e. The smallest absolute Gasteiger partial charge is 0.311 e. The van der Waals surface area contributed by atoms with Crippen LogP contribution in [0.15, 0.2) is 57.6 Å². The molecule has 0 aliphatic carbocycles. The minimum Gasteiger partial charge on any atom is -0.469 e. The first-order valence-corrected chi connectivity index (χ1v) is 17.3. The first kappa shape index (κ1) is 34.3. The van der Waals surface area contributed by atoms with Crippen LogP contribution < -0.4 is 20.7 Å². The number of carbonyl (C=O) groups is 3. The van der Waals surface area contributed by atoms with E-state index in [1.54, 1.807) is 34.6 Å². The van der Waals surface area contributed by atoms with Crippen molar-refractivity contribution in [2.75, 3.05) is 5.32 Å². The zero-order valence-corrected chi connectivity index (χ0v) is 29.7. The second-order valence-corrected chi connectivity index (χ2v) is 15.2. The van der Waals surface area contributed by atoms with Gasteiger partial charge in [-0.25, -0.2) is 9.97 Å². The van der Waals surface area contributed by atoms with Crippen molar-refractivity contribution in [3.05, 3.63) is 82.8 Å². The molecule has 0 fully saturated rings. The molecule has 5 heterocycles. The standard InChI is InChI=1S/C38H43N5O8/c1-18(2)27-34-43-28(33-39-21(16-48-33)17-49-36(47)37(5,6)7)30(51-34)38-22-10-8-9-11-24(22)41-35(38)50-26-13-12-20(14-23(26)38)15-25(31(45)42-27)40-32(46)29(44)19(3)4/h8-14,16,18-19,25,27,29,35,41,44H,15,17H2,1-7H3,(H,40,46)(H,42,45)/t25?,27?,29-,35?,38?/m0/s1. The summed E-state index contributed by atoms with van der Waals surface area (Å²) < 4.78 is 25.0. The lowest BCUT2D eigenvalue weighted by atomic mass is 9.72. The molecule has 3 aliphatic rings. The van der Waals surface area contributed by atoms with Gasteiger partial charge in [-0.3, -0.25) is 14.4 Å². The highest BCUT2D eigenvalue weighted by Gasteiger charge is 2.61. The Morgan fingerprint density at radius 2 is 1.84 bits per heavy atom. The molecule has 7 rings (SSSR count). The van der Waals surface area contributed by atoms with Crippen molar-refractivity contribution in [1.82, 2.24) is 20.6 Å². The van der Waals surface area contributed by atoms with Crippen LogP contribution in [0.3, 0.4) is 0 Å². The van der Waals surface area contributed by atoms with Crippen LogP contribution in [0, 0.1) is 17.3 Å². The Kier molecular flexibility index (Phi) is 8.44. The lowest BCUT2D eigenvalue weighted by Crippen LogP contribution is -2.52. The van der Waals surface area contributed by atoms with Gasteiger partial charge in [-0.15, -0.1) is 0 Å². The molecule has 4 N–H and O–H groups in total. The monoisotopic (exact) mass is 697 g/mol. The number of anilines is 1. The molecule has 51 heavy (non-hydrogen) atoms. The van der Waals surface area contributed by atoms with Gasteiger partial charge in [0.25, 0.3) is 0 Å². The summed E-state index contributed by atoms with van der Waals surface area (Å²) in [6.07, 6.45) is -0.372. The van der Waals surface area contributed by atoms with Crippen LogP contribution in [0.5, 0.6) is 5.75 Å². The lowest BCUT2D eigenvalue weighted by Gasteiger charge is -2.29. The van der Waals surface area contributed by atoms with Crippen LogP contribution in [0.25, 0.3) is 11.6 Å². The van der Waals surface area contributed by atoms with Gasteiger partial charge < -0.3 is 39.4 Å². The summed E-state index contributed by atoms with van der Waals surface area (Å²) in [5.41, 5.74) is 2.17. The molecule has 4 aromatic rings. The van der Waals surface area contributed by atoms with Gasteiger partial charge in [-0.1, -0.05) is 58.0 Å². The van der Waals surface area contributed by atoms with Crippen molar-refractivity contribution in [2.45, 2.75) is 91.3 Å². The molecule has 4 bridgehead atoms. The number of aliphatic hydroxyl groups is 1. The first-order chi connectivity index (χ1) is 24.2. The Morgan fingerprint density at radius 1 is 1.08 bits per heavy atom. The predicted molar refractivity (Wildman–Crippen MR) is 184 cm³/mol. The summed E-state index contributed by atoms with van der Waals surface area (Å²) in [4.78, 5) is 49.3. The molecule has 2 aromatic heterocycles. The fourth-order valence-electron chi connectivity index (χ4n) is 6.85. The van der Waals surface area contributed by atoms with E-state index in [4.69, 9.17) is 23.3 Å². The van der Waals surface area contributed by atoms with Crippen LogP contribution in [-0.4, -0.2) is 51.2 Å². The molecule has 13 heteroatoms. The molecule has 1 spiro atoms. The van der Waals surface area contributed by atoms with Crippen LogP contribution in [-0.2, 0) is 37.6 Å². The van der Waals surface area contributed by atoms with Gasteiger partial charge in [0.2, 0.25) is 23.6 Å². The van der Waals surface area contributed by atoms with E-state index in [1.165, 1.54) is 6.26 Å². The summed E-state index contributed by atoms with van der Waals surface area (Å²) in [6, 6.07) is 11.8. The minimum atomic E-state index is -1.29. The van der Waals surface area contributed by atoms with E-state index in [-0.39, 0.29) is 42.6 Å². The molecule has 13 nitrogen and oxygen atoms in total. The normalized spacial score (nSPS) is 22.5.